The summed E-state index contributed by atoms with van der Waals surface area (Å²) in [7, 11) is -3.59. The quantitative estimate of drug-likeness (QED) is 0.867. The van der Waals surface area contributed by atoms with Gasteiger partial charge in [-0.1, -0.05) is 6.92 Å². The van der Waals surface area contributed by atoms with Gasteiger partial charge in [-0.05, 0) is 37.0 Å². The third kappa shape index (κ3) is 2.94. The first-order valence-electron chi connectivity index (χ1n) is 7.54. The van der Waals surface area contributed by atoms with E-state index in [-0.39, 0.29) is 16.0 Å². The van der Waals surface area contributed by atoms with E-state index in [1.54, 1.807) is 0 Å². The number of piperidine rings is 1. The molecule has 0 unspecified atom stereocenters. The van der Waals surface area contributed by atoms with Gasteiger partial charge in [-0.2, -0.15) is 4.31 Å². The molecule has 1 aromatic heterocycles. The number of aromatic amines is 1. The molecule has 0 radical (unpaired) electrons. The molecule has 0 aliphatic carbocycles. The van der Waals surface area contributed by atoms with Crippen molar-refractivity contribution in [2.24, 2.45) is 5.92 Å². The summed E-state index contributed by atoms with van der Waals surface area (Å²) in [5, 5.41) is 0.436. The van der Waals surface area contributed by atoms with Gasteiger partial charge in [-0.15, -0.1) is 0 Å². The number of H-pyrrole nitrogens is 1. The molecule has 7 heteroatoms. The van der Waals surface area contributed by atoms with Crippen molar-refractivity contribution in [3.05, 3.63) is 40.2 Å². The Morgan fingerprint density at radius 2 is 1.91 bits per heavy atom. The first-order valence-corrected chi connectivity index (χ1v) is 8.98. The molecule has 1 saturated heterocycles. The average molecular weight is 334 g/mol. The summed E-state index contributed by atoms with van der Waals surface area (Å²) in [4.78, 5) is 25.4. The second-order valence-electron chi connectivity index (χ2n) is 6.00. The zero-order valence-corrected chi connectivity index (χ0v) is 13.6. The lowest BCUT2D eigenvalue weighted by molar-refractivity contribution is 0.112. The van der Waals surface area contributed by atoms with E-state index in [0.717, 1.165) is 12.8 Å². The summed E-state index contributed by atoms with van der Waals surface area (Å²) in [6.07, 6.45) is 2.26. The van der Waals surface area contributed by atoms with E-state index < -0.39 is 10.0 Å². The van der Waals surface area contributed by atoms with Crippen molar-refractivity contribution in [2.45, 2.75) is 24.7 Å². The van der Waals surface area contributed by atoms with Crippen LogP contribution in [0.25, 0.3) is 10.9 Å². The van der Waals surface area contributed by atoms with Gasteiger partial charge in [0.25, 0.3) is 0 Å². The minimum absolute atomic E-state index is 0.148. The Hall–Kier alpha value is -1.99. The van der Waals surface area contributed by atoms with Gasteiger partial charge in [-0.25, -0.2) is 8.42 Å². The number of pyridine rings is 1. The molecular weight excluding hydrogens is 316 g/mol. The minimum Gasteiger partial charge on any atom is -0.322 e. The number of rotatable bonds is 3. The molecule has 23 heavy (non-hydrogen) atoms. The maximum absolute atomic E-state index is 12.8. The smallest absolute Gasteiger partial charge is 0.249 e. The Kier molecular flexibility index (Phi) is 4.08. The van der Waals surface area contributed by atoms with Crippen LogP contribution in [0.15, 0.2) is 34.0 Å². The number of aromatic nitrogens is 1. The number of carbonyl (C=O) groups is 1. The zero-order valence-electron chi connectivity index (χ0n) is 12.8. The van der Waals surface area contributed by atoms with Crippen molar-refractivity contribution < 1.29 is 13.2 Å². The lowest BCUT2D eigenvalue weighted by Gasteiger charge is -2.29. The third-order valence-corrected chi connectivity index (χ3v) is 6.25. The molecule has 122 valence electrons. The van der Waals surface area contributed by atoms with Crippen LogP contribution >= 0.6 is 0 Å². The maximum atomic E-state index is 12.8. The van der Waals surface area contributed by atoms with Crippen molar-refractivity contribution >= 4 is 27.2 Å². The molecule has 1 aliphatic rings. The van der Waals surface area contributed by atoms with E-state index in [4.69, 9.17) is 0 Å². The number of hydrogen-bond donors (Lipinski definition) is 1. The molecule has 1 fully saturated rings. The number of aldehydes is 1. The van der Waals surface area contributed by atoms with E-state index in [0.29, 0.717) is 36.2 Å². The number of hydrogen-bond acceptors (Lipinski definition) is 4. The van der Waals surface area contributed by atoms with Crippen LogP contribution in [0, 0.1) is 5.92 Å². The number of carbonyl (C=O) groups excluding carboxylic acids is 1. The molecule has 6 nitrogen and oxygen atoms in total. The minimum atomic E-state index is -3.59. The van der Waals surface area contributed by atoms with E-state index in [2.05, 4.69) is 11.9 Å². The van der Waals surface area contributed by atoms with Crippen LogP contribution in [0.5, 0.6) is 0 Å². The molecule has 0 bridgehead atoms. The lowest BCUT2D eigenvalue weighted by atomic mass is 10.0. The molecule has 1 aliphatic heterocycles. The molecule has 0 spiro atoms. The third-order valence-electron chi connectivity index (χ3n) is 4.35. The number of sulfonamides is 1. The molecule has 0 saturated carbocycles. The van der Waals surface area contributed by atoms with E-state index in [9.17, 15) is 18.0 Å². The molecule has 3 rings (SSSR count). The lowest BCUT2D eigenvalue weighted by Crippen LogP contribution is -2.37. The predicted octanol–water partition coefficient (Wildman–Crippen LogP) is 1.76. The highest BCUT2D eigenvalue weighted by molar-refractivity contribution is 7.89. The number of fused-ring (bicyclic) bond motifs is 1. The highest BCUT2D eigenvalue weighted by Gasteiger charge is 2.28. The Balaban J connectivity index is 2.07. The Morgan fingerprint density at radius 3 is 2.57 bits per heavy atom. The van der Waals surface area contributed by atoms with Gasteiger partial charge in [0.05, 0.1) is 4.90 Å². The zero-order chi connectivity index (χ0) is 16.6. The second kappa shape index (κ2) is 5.90. The maximum Gasteiger partial charge on any atom is 0.249 e. The summed E-state index contributed by atoms with van der Waals surface area (Å²) in [5.74, 6) is 0.532. The van der Waals surface area contributed by atoms with Crippen LogP contribution in [-0.2, 0) is 10.0 Å². The number of nitrogens with one attached hydrogen (secondary N) is 1. The van der Waals surface area contributed by atoms with Gasteiger partial charge in [0.15, 0.2) is 6.29 Å². The van der Waals surface area contributed by atoms with Gasteiger partial charge in [0.2, 0.25) is 15.6 Å². The normalized spacial score (nSPS) is 17.4. The monoisotopic (exact) mass is 334 g/mol. The fourth-order valence-electron chi connectivity index (χ4n) is 2.89. The second-order valence-corrected chi connectivity index (χ2v) is 7.94. The van der Waals surface area contributed by atoms with E-state index in [1.807, 2.05) is 0 Å². The van der Waals surface area contributed by atoms with E-state index >= 15 is 0 Å². The van der Waals surface area contributed by atoms with Gasteiger partial charge in [-0.3, -0.25) is 9.59 Å². The molecular formula is C16H18N2O4S. The molecule has 2 heterocycles. The van der Waals surface area contributed by atoms with Gasteiger partial charge in [0.1, 0.15) is 0 Å². The molecule has 0 amide bonds. The summed E-state index contributed by atoms with van der Waals surface area (Å²) in [6.45, 7) is 3.13. The summed E-state index contributed by atoms with van der Waals surface area (Å²) in [5.41, 5.74) is 0.249. The van der Waals surface area contributed by atoms with Gasteiger partial charge < -0.3 is 4.98 Å². The van der Waals surface area contributed by atoms with Crippen LogP contribution in [0.4, 0.5) is 0 Å². The summed E-state index contributed by atoms with van der Waals surface area (Å²) < 4.78 is 27.0. The highest BCUT2D eigenvalue weighted by atomic mass is 32.2. The fourth-order valence-corrected chi connectivity index (χ4v) is 4.39. The van der Waals surface area contributed by atoms with Crippen molar-refractivity contribution in [1.29, 1.82) is 0 Å². The largest absolute Gasteiger partial charge is 0.322 e. The molecule has 1 N–H and O–H groups in total. The highest BCUT2D eigenvalue weighted by Crippen LogP contribution is 2.26. The van der Waals surface area contributed by atoms with Crippen LogP contribution < -0.4 is 5.56 Å². The molecule has 0 atom stereocenters. The Bertz CT molecular complexity index is 909. The summed E-state index contributed by atoms with van der Waals surface area (Å²) in [6, 6.07) is 5.64. The standard InChI is InChI=1S/C16H18N2O4S/c1-11-4-6-18(7-5-11)23(21,22)13-2-3-15-14(9-13)12(10-19)8-16(20)17-15/h2-3,8-11H,4-7H2,1H3,(H,17,20). The number of nitrogens with zero attached hydrogens (tertiary/aromatic N) is 1. The van der Waals surface area contributed by atoms with Crippen molar-refractivity contribution in [3.63, 3.8) is 0 Å². The summed E-state index contributed by atoms with van der Waals surface area (Å²) >= 11 is 0. The SMILES string of the molecule is CC1CCN(S(=O)(=O)c2ccc3[nH]c(=O)cc(C=O)c3c2)CC1. The van der Waals surface area contributed by atoms with Crippen molar-refractivity contribution in [1.82, 2.24) is 9.29 Å². The number of benzene rings is 1. The van der Waals surface area contributed by atoms with Gasteiger partial charge in [0, 0.05) is 35.6 Å². The Morgan fingerprint density at radius 1 is 1.22 bits per heavy atom. The Labute approximate surface area is 134 Å². The van der Waals surface area contributed by atoms with Crippen molar-refractivity contribution in [2.75, 3.05) is 13.1 Å². The fraction of sp³-hybridized carbons (Fsp3) is 0.375. The first kappa shape index (κ1) is 15.9. The van der Waals surface area contributed by atoms with Gasteiger partial charge >= 0.3 is 0 Å². The van der Waals surface area contributed by atoms with Crippen LogP contribution in [0.2, 0.25) is 0 Å². The van der Waals surface area contributed by atoms with Crippen LogP contribution in [0.3, 0.4) is 0 Å². The topological polar surface area (TPSA) is 87.3 Å². The average Bonchev–Trinajstić information content (AvgIpc) is 2.54. The van der Waals surface area contributed by atoms with Crippen LogP contribution in [-0.4, -0.2) is 37.1 Å². The van der Waals surface area contributed by atoms with E-state index in [1.165, 1.54) is 28.6 Å². The van der Waals surface area contributed by atoms with Crippen LogP contribution in [0.1, 0.15) is 30.1 Å². The van der Waals surface area contributed by atoms with Crippen molar-refractivity contribution in [3.8, 4) is 0 Å². The molecule has 1 aromatic carbocycles. The molecule has 2 aromatic rings. The predicted molar refractivity (Wildman–Crippen MR) is 87.1 cm³/mol. The first-order chi connectivity index (χ1) is 10.9.